The Labute approximate surface area is 292 Å². The lowest BCUT2D eigenvalue weighted by Gasteiger charge is -2.35. The fraction of sp³-hybridized carbons (Fsp3) is 0.278. The normalized spacial score (nSPS) is 12.7. The first-order valence-corrected chi connectivity index (χ1v) is 17.8. The van der Waals surface area contributed by atoms with Crippen molar-refractivity contribution in [3.05, 3.63) is 128 Å². The van der Waals surface area contributed by atoms with E-state index < -0.39 is 28.5 Å². The number of aryl methyl sites for hydroxylation is 2. The molecule has 0 bridgehead atoms. The van der Waals surface area contributed by atoms with Crippen LogP contribution in [0.3, 0.4) is 0 Å². The van der Waals surface area contributed by atoms with Gasteiger partial charge in [0.05, 0.1) is 10.6 Å². The minimum Gasteiger partial charge on any atom is -0.352 e. The smallest absolute Gasteiger partial charge is 0.264 e. The molecule has 7 nitrogen and oxygen atoms in total. The van der Waals surface area contributed by atoms with E-state index in [2.05, 4.69) is 5.32 Å². The number of benzene rings is 4. The van der Waals surface area contributed by atoms with Crippen LogP contribution in [0.25, 0.3) is 0 Å². The zero-order chi connectivity index (χ0) is 34.3. The van der Waals surface area contributed by atoms with Crippen LogP contribution in [-0.2, 0) is 32.6 Å². The molecule has 0 spiro atoms. The molecule has 47 heavy (non-hydrogen) atoms. The molecule has 0 aromatic heterocycles. The molecule has 2 atom stereocenters. The van der Waals surface area contributed by atoms with Crippen molar-refractivity contribution in [3.63, 3.8) is 0 Å². The quantitative estimate of drug-likeness (QED) is 0.152. The standard InChI is InChI=1S/C36H38Cl3N3O4S/c1-5-26(4)40-36(44)34(19-27-9-7-6-8-10-27)41(22-28-14-16-29(37)20-32(28)39)35(43)23-42(33-21-30(38)15-13-25(33)3)47(45,46)31-17-11-24(2)12-18-31/h6-18,20-21,26,34H,5,19,22-23H2,1-4H3,(H,40,44). The largest absolute Gasteiger partial charge is 0.352 e. The number of rotatable bonds is 13. The molecule has 2 amide bonds. The Balaban J connectivity index is 1.86. The van der Waals surface area contributed by atoms with E-state index in [1.54, 1.807) is 49.4 Å². The predicted molar refractivity (Wildman–Crippen MR) is 191 cm³/mol. The topological polar surface area (TPSA) is 86.8 Å². The lowest BCUT2D eigenvalue weighted by Crippen LogP contribution is -2.54. The van der Waals surface area contributed by atoms with Gasteiger partial charge >= 0.3 is 0 Å². The third-order valence-corrected chi connectivity index (χ3v) is 10.6. The molecule has 0 fully saturated rings. The lowest BCUT2D eigenvalue weighted by atomic mass is 10.0. The Morgan fingerprint density at radius 2 is 1.49 bits per heavy atom. The highest BCUT2D eigenvalue weighted by molar-refractivity contribution is 7.92. The molecule has 11 heteroatoms. The monoisotopic (exact) mass is 713 g/mol. The maximum Gasteiger partial charge on any atom is 0.264 e. The van der Waals surface area contributed by atoms with Crippen LogP contribution < -0.4 is 9.62 Å². The maximum atomic E-state index is 14.7. The van der Waals surface area contributed by atoms with Crippen molar-refractivity contribution in [2.45, 2.75) is 64.1 Å². The number of anilines is 1. The summed E-state index contributed by atoms with van der Waals surface area (Å²) in [7, 11) is -4.27. The molecule has 4 rings (SSSR count). The number of carbonyl (C=O) groups is 2. The first-order valence-electron chi connectivity index (χ1n) is 15.2. The number of sulfonamides is 1. The molecule has 0 aliphatic heterocycles. The van der Waals surface area contributed by atoms with Crippen molar-refractivity contribution >= 4 is 62.3 Å². The summed E-state index contributed by atoms with van der Waals surface area (Å²) >= 11 is 19.1. The van der Waals surface area contributed by atoms with Gasteiger partial charge in [0.1, 0.15) is 12.6 Å². The number of hydrogen-bond acceptors (Lipinski definition) is 4. The Morgan fingerprint density at radius 3 is 2.13 bits per heavy atom. The molecule has 0 saturated heterocycles. The second-order valence-electron chi connectivity index (χ2n) is 11.5. The van der Waals surface area contributed by atoms with Crippen LogP contribution in [0.1, 0.15) is 42.5 Å². The van der Waals surface area contributed by atoms with Gasteiger partial charge in [-0.2, -0.15) is 0 Å². The molecule has 0 aliphatic rings. The van der Waals surface area contributed by atoms with Gasteiger partial charge in [0.25, 0.3) is 10.0 Å². The summed E-state index contributed by atoms with van der Waals surface area (Å²) in [6.45, 7) is 6.76. The van der Waals surface area contributed by atoms with Gasteiger partial charge in [-0.05, 0) is 80.3 Å². The number of nitrogens with one attached hydrogen (secondary N) is 1. The van der Waals surface area contributed by atoms with Gasteiger partial charge in [-0.15, -0.1) is 0 Å². The van der Waals surface area contributed by atoms with Crippen LogP contribution in [-0.4, -0.2) is 43.8 Å². The van der Waals surface area contributed by atoms with E-state index in [0.717, 1.165) is 15.4 Å². The number of hydrogen-bond donors (Lipinski definition) is 1. The SMILES string of the molecule is CCC(C)NC(=O)C(Cc1ccccc1)N(Cc1ccc(Cl)cc1Cl)C(=O)CN(c1cc(Cl)ccc1C)S(=O)(=O)c1ccc(C)cc1. The number of carbonyl (C=O) groups excluding carboxylic acids is 2. The van der Waals surface area contributed by atoms with E-state index >= 15 is 0 Å². The summed E-state index contributed by atoms with van der Waals surface area (Å²) in [4.78, 5) is 30.1. The van der Waals surface area contributed by atoms with Gasteiger partial charge in [0.2, 0.25) is 11.8 Å². The molecule has 248 valence electrons. The first-order chi connectivity index (χ1) is 22.3. The molecular weight excluding hydrogens is 677 g/mol. The minimum absolute atomic E-state index is 0.0120. The van der Waals surface area contributed by atoms with Crippen molar-refractivity contribution in [1.82, 2.24) is 10.2 Å². The molecule has 1 N–H and O–H groups in total. The maximum absolute atomic E-state index is 14.7. The van der Waals surface area contributed by atoms with Crippen molar-refractivity contribution in [2.75, 3.05) is 10.8 Å². The third kappa shape index (κ3) is 9.29. The van der Waals surface area contributed by atoms with E-state index in [9.17, 15) is 18.0 Å². The average molecular weight is 715 g/mol. The van der Waals surface area contributed by atoms with Gasteiger partial charge in [0, 0.05) is 34.1 Å². The molecule has 4 aromatic rings. The molecule has 0 saturated carbocycles. The van der Waals surface area contributed by atoms with Gasteiger partial charge in [-0.3, -0.25) is 13.9 Å². The van der Waals surface area contributed by atoms with E-state index in [0.29, 0.717) is 32.6 Å². The zero-order valence-corrected chi connectivity index (χ0v) is 29.8. The molecule has 4 aromatic carbocycles. The summed E-state index contributed by atoms with van der Waals surface area (Å²) in [6.07, 6.45) is 0.859. The zero-order valence-electron chi connectivity index (χ0n) is 26.7. The van der Waals surface area contributed by atoms with Gasteiger partial charge in [-0.1, -0.05) is 102 Å². The Kier molecular flexibility index (Phi) is 12.4. The molecular formula is C36H38Cl3N3O4S. The second-order valence-corrected chi connectivity index (χ2v) is 14.7. The predicted octanol–water partition coefficient (Wildman–Crippen LogP) is 8.01. The highest BCUT2D eigenvalue weighted by atomic mass is 35.5. The van der Waals surface area contributed by atoms with Gasteiger partial charge < -0.3 is 10.2 Å². The third-order valence-electron chi connectivity index (χ3n) is 7.96. The lowest BCUT2D eigenvalue weighted by molar-refractivity contribution is -0.140. The van der Waals surface area contributed by atoms with E-state index in [1.807, 2.05) is 51.1 Å². The first kappa shape index (κ1) is 36.3. The number of amides is 2. The van der Waals surface area contributed by atoms with Gasteiger partial charge in [-0.25, -0.2) is 8.42 Å². The average Bonchev–Trinajstić information content (AvgIpc) is 3.04. The summed E-state index contributed by atoms with van der Waals surface area (Å²) in [5, 5.41) is 4.06. The summed E-state index contributed by atoms with van der Waals surface area (Å²) in [5.41, 5.74) is 3.10. The minimum atomic E-state index is -4.27. The molecule has 0 heterocycles. The van der Waals surface area contributed by atoms with Crippen LogP contribution in [0.4, 0.5) is 5.69 Å². The van der Waals surface area contributed by atoms with Crippen molar-refractivity contribution in [2.24, 2.45) is 0 Å². The molecule has 2 unspecified atom stereocenters. The fourth-order valence-electron chi connectivity index (χ4n) is 5.03. The van der Waals surface area contributed by atoms with Crippen molar-refractivity contribution in [1.29, 1.82) is 0 Å². The van der Waals surface area contributed by atoms with Crippen LogP contribution in [0, 0.1) is 13.8 Å². The highest BCUT2D eigenvalue weighted by Crippen LogP contribution is 2.31. The summed E-state index contributed by atoms with van der Waals surface area (Å²) in [6, 6.07) is 24.4. The Bertz CT molecular complexity index is 1820. The van der Waals surface area contributed by atoms with Crippen LogP contribution in [0.5, 0.6) is 0 Å². The van der Waals surface area contributed by atoms with Gasteiger partial charge in [0.15, 0.2) is 0 Å². The number of halogens is 3. The van der Waals surface area contributed by atoms with Crippen LogP contribution in [0.2, 0.25) is 15.1 Å². The summed E-state index contributed by atoms with van der Waals surface area (Å²) in [5.74, 6) is -0.972. The number of nitrogens with zero attached hydrogens (tertiary/aromatic N) is 2. The molecule has 0 radical (unpaired) electrons. The van der Waals surface area contributed by atoms with E-state index in [-0.39, 0.29) is 35.5 Å². The Hall–Kier alpha value is -3.56. The van der Waals surface area contributed by atoms with Crippen molar-refractivity contribution in [3.8, 4) is 0 Å². The van der Waals surface area contributed by atoms with E-state index in [4.69, 9.17) is 34.8 Å². The Morgan fingerprint density at radius 1 is 0.851 bits per heavy atom. The van der Waals surface area contributed by atoms with Crippen LogP contribution in [0.15, 0.2) is 95.9 Å². The second kappa shape index (κ2) is 16.0. The van der Waals surface area contributed by atoms with Crippen LogP contribution >= 0.6 is 34.8 Å². The fourth-order valence-corrected chi connectivity index (χ4v) is 7.14. The van der Waals surface area contributed by atoms with E-state index in [1.165, 1.54) is 23.1 Å². The van der Waals surface area contributed by atoms with Crippen molar-refractivity contribution < 1.29 is 18.0 Å². The highest BCUT2D eigenvalue weighted by Gasteiger charge is 2.35. The molecule has 0 aliphatic carbocycles. The summed E-state index contributed by atoms with van der Waals surface area (Å²) < 4.78 is 29.6.